The predicted molar refractivity (Wildman–Crippen MR) is 134 cm³/mol. The Labute approximate surface area is 203 Å². The van der Waals surface area contributed by atoms with Crippen molar-refractivity contribution in [3.8, 4) is 0 Å². The van der Waals surface area contributed by atoms with Crippen LogP contribution in [0.5, 0.6) is 0 Å². The van der Waals surface area contributed by atoms with Gasteiger partial charge in [0.1, 0.15) is 0 Å². The van der Waals surface area contributed by atoms with Crippen molar-refractivity contribution in [1.29, 1.82) is 0 Å². The third kappa shape index (κ3) is 8.86. The molecular formula is C22H36ClIN4O2. The van der Waals surface area contributed by atoms with Gasteiger partial charge < -0.3 is 19.7 Å². The lowest BCUT2D eigenvalue weighted by Crippen LogP contribution is -2.52. The first-order valence-electron chi connectivity index (χ1n) is 10.9. The molecule has 2 heterocycles. The number of nitrogens with one attached hydrogen (secondary N) is 1. The Hall–Kier alpha value is -0.610. The van der Waals surface area contributed by atoms with Gasteiger partial charge in [-0.2, -0.15) is 0 Å². The lowest BCUT2D eigenvalue weighted by molar-refractivity contribution is 0.0892. The number of benzene rings is 1. The van der Waals surface area contributed by atoms with Gasteiger partial charge in [-0.25, -0.2) is 0 Å². The van der Waals surface area contributed by atoms with Crippen LogP contribution in [0, 0.1) is 5.92 Å². The van der Waals surface area contributed by atoms with E-state index in [1.54, 1.807) is 0 Å². The lowest BCUT2D eigenvalue weighted by Gasteiger charge is -2.36. The van der Waals surface area contributed by atoms with Gasteiger partial charge in [0.2, 0.25) is 0 Å². The summed E-state index contributed by atoms with van der Waals surface area (Å²) in [5, 5.41) is 4.25. The van der Waals surface area contributed by atoms with E-state index in [1.807, 2.05) is 12.1 Å². The smallest absolute Gasteiger partial charge is 0.194 e. The zero-order chi connectivity index (χ0) is 20.3. The van der Waals surface area contributed by atoms with E-state index in [4.69, 9.17) is 26.1 Å². The van der Waals surface area contributed by atoms with Gasteiger partial charge in [0.05, 0.1) is 13.2 Å². The summed E-state index contributed by atoms with van der Waals surface area (Å²) in [6, 6.07) is 8.15. The average molecular weight is 551 g/mol. The molecule has 1 unspecified atom stereocenters. The highest BCUT2D eigenvalue weighted by Gasteiger charge is 2.19. The van der Waals surface area contributed by atoms with Crippen LogP contribution in [0.3, 0.4) is 0 Å². The molecule has 0 radical (unpaired) electrons. The first kappa shape index (κ1) is 25.6. The van der Waals surface area contributed by atoms with Crippen molar-refractivity contribution >= 4 is 41.5 Å². The molecule has 30 heavy (non-hydrogen) atoms. The van der Waals surface area contributed by atoms with Crippen LogP contribution in [0.25, 0.3) is 0 Å². The summed E-state index contributed by atoms with van der Waals surface area (Å²) < 4.78 is 11.2. The molecule has 0 amide bonds. The maximum Gasteiger partial charge on any atom is 0.194 e. The molecule has 2 fully saturated rings. The normalized spacial score (nSPS) is 20.3. The minimum absolute atomic E-state index is 0. The molecule has 8 heteroatoms. The van der Waals surface area contributed by atoms with E-state index in [1.165, 1.54) is 5.56 Å². The minimum atomic E-state index is 0. The lowest BCUT2D eigenvalue weighted by atomic mass is 10.1. The zero-order valence-electron chi connectivity index (χ0n) is 18.0. The third-order valence-electron chi connectivity index (χ3n) is 5.39. The van der Waals surface area contributed by atoms with E-state index < -0.39 is 0 Å². The summed E-state index contributed by atoms with van der Waals surface area (Å²) in [7, 11) is 0. The number of ether oxygens (including phenoxy) is 2. The summed E-state index contributed by atoms with van der Waals surface area (Å²) in [5.74, 6) is 1.61. The maximum absolute atomic E-state index is 6.11. The molecule has 0 aromatic heterocycles. The topological polar surface area (TPSA) is 49.3 Å². The van der Waals surface area contributed by atoms with Crippen molar-refractivity contribution in [3.63, 3.8) is 0 Å². The number of hydrogen-bond donors (Lipinski definition) is 1. The van der Waals surface area contributed by atoms with Gasteiger partial charge in [0.25, 0.3) is 0 Å². The van der Waals surface area contributed by atoms with Crippen molar-refractivity contribution in [2.75, 3.05) is 65.7 Å². The molecule has 0 bridgehead atoms. The molecule has 0 aliphatic carbocycles. The Morgan fingerprint density at radius 1 is 1.30 bits per heavy atom. The van der Waals surface area contributed by atoms with E-state index in [-0.39, 0.29) is 24.0 Å². The molecule has 0 saturated carbocycles. The van der Waals surface area contributed by atoms with Gasteiger partial charge in [-0.15, -0.1) is 24.0 Å². The molecule has 1 N–H and O–H groups in total. The number of halogens is 2. The molecule has 2 aliphatic rings. The SMILES string of the molecule is CCNC(=NCCCOCC1CCOC1)N1CCN(Cc2cccc(Cl)c2)CC1.I. The summed E-state index contributed by atoms with van der Waals surface area (Å²) >= 11 is 6.11. The molecule has 6 nitrogen and oxygen atoms in total. The second kappa shape index (κ2) is 14.5. The van der Waals surface area contributed by atoms with Crippen molar-refractivity contribution in [3.05, 3.63) is 34.9 Å². The van der Waals surface area contributed by atoms with Crippen molar-refractivity contribution in [2.24, 2.45) is 10.9 Å². The van der Waals surface area contributed by atoms with Gasteiger partial charge in [0, 0.05) is 70.0 Å². The Kier molecular flexibility index (Phi) is 12.4. The summed E-state index contributed by atoms with van der Waals surface area (Å²) in [6.07, 6.45) is 2.09. The van der Waals surface area contributed by atoms with E-state index in [9.17, 15) is 0 Å². The number of guanidine groups is 1. The predicted octanol–water partition coefficient (Wildman–Crippen LogP) is 3.48. The number of nitrogens with zero attached hydrogens (tertiary/aromatic N) is 3. The molecule has 1 aromatic carbocycles. The van der Waals surface area contributed by atoms with Gasteiger partial charge in [-0.3, -0.25) is 9.89 Å². The molecule has 2 aliphatic heterocycles. The van der Waals surface area contributed by atoms with E-state index in [0.717, 1.165) is 96.1 Å². The molecule has 1 aromatic rings. The summed E-state index contributed by atoms with van der Waals surface area (Å²) in [5.41, 5.74) is 1.27. The first-order valence-corrected chi connectivity index (χ1v) is 11.3. The Balaban J connectivity index is 0.00000320. The van der Waals surface area contributed by atoms with Gasteiger partial charge in [-0.05, 0) is 37.5 Å². The van der Waals surface area contributed by atoms with Gasteiger partial charge >= 0.3 is 0 Å². The van der Waals surface area contributed by atoms with Crippen LogP contribution in [0.15, 0.2) is 29.3 Å². The fourth-order valence-electron chi connectivity index (χ4n) is 3.75. The van der Waals surface area contributed by atoms with Crippen molar-refractivity contribution in [1.82, 2.24) is 15.1 Å². The fraction of sp³-hybridized carbons (Fsp3) is 0.682. The second-order valence-electron chi connectivity index (χ2n) is 7.79. The van der Waals surface area contributed by atoms with E-state index >= 15 is 0 Å². The molecule has 1 atom stereocenters. The monoisotopic (exact) mass is 550 g/mol. The Morgan fingerprint density at radius 2 is 2.13 bits per heavy atom. The van der Waals surface area contributed by atoms with Crippen molar-refractivity contribution < 1.29 is 9.47 Å². The van der Waals surface area contributed by atoms with Crippen LogP contribution < -0.4 is 5.32 Å². The Bertz CT molecular complexity index is 635. The van der Waals surface area contributed by atoms with Gasteiger partial charge in [0.15, 0.2) is 5.96 Å². The standard InChI is InChI=1S/C22H35ClN4O2.HI/c1-2-24-22(25-8-4-13-28-17-20-7-14-29-18-20)27-11-9-26(10-12-27)16-19-5-3-6-21(23)15-19;/h3,5-6,15,20H,2,4,7-14,16-18H2,1H3,(H,24,25);1H. The number of aliphatic imine (C=N–C) groups is 1. The van der Waals surface area contributed by atoms with Crippen molar-refractivity contribution in [2.45, 2.75) is 26.3 Å². The molecule has 2 saturated heterocycles. The van der Waals surface area contributed by atoms with E-state index in [2.05, 4.69) is 34.2 Å². The van der Waals surface area contributed by atoms with Crippen LogP contribution in [-0.2, 0) is 16.0 Å². The number of rotatable bonds is 9. The third-order valence-corrected chi connectivity index (χ3v) is 5.62. The van der Waals surface area contributed by atoms with E-state index in [0.29, 0.717) is 5.92 Å². The number of piperazine rings is 1. The maximum atomic E-state index is 6.11. The second-order valence-corrected chi connectivity index (χ2v) is 8.22. The molecular weight excluding hydrogens is 515 g/mol. The highest BCUT2D eigenvalue weighted by Crippen LogP contribution is 2.14. The van der Waals surface area contributed by atoms with Crippen LogP contribution in [-0.4, -0.2) is 81.5 Å². The van der Waals surface area contributed by atoms with Crippen LogP contribution in [0.4, 0.5) is 0 Å². The van der Waals surface area contributed by atoms with Crippen LogP contribution in [0.1, 0.15) is 25.3 Å². The first-order chi connectivity index (χ1) is 14.2. The minimum Gasteiger partial charge on any atom is -0.381 e. The highest BCUT2D eigenvalue weighted by atomic mass is 127. The number of hydrogen-bond acceptors (Lipinski definition) is 4. The molecule has 3 rings (SSSR count). The average Bonchev–Trinajstić information content (AvgIpc) is 3.24. The van der Waals surface area contributed by atoms with Crippen LogP contribution in [0.2, 0.25) is 5.02 Å². The highest BCUT2D eigenvalue weighted by molar-refractivity contribution is 14.0. The largest absolute Gasteiger partial charge is 0.381 e. The zero-order valence-corrected chi connectivity index (χ0v) is 21.1. The molecule has 170 valence electrons. The summed E-state index contributed by atoms with van der Waals surface area (Å²) in [4.78, 5) is 9.67. The van der Waals surface area contributed by atoms with Crippen LogP contribution >= 0.6 is 35.6 Å². The fourth-order valence-corrected chi connectivity index (χ4v) is 3.97. The molecule has 0 spiro atoms. The Morgan fingerprint density at radius 3 is 2.83 bits per heavy atom. The summed E-state index contributed by atoms with van der Waals surface area (Å²) in [6.45, 7) is 12.1. The van der Waals surface area contributed by atoms with Gasteiger partial charge in [-0.1, -0.05) is 23.7 Å². The quantitative estimate of drug-likeness (QED) is 0.221.